The smallest absolute Gasteiger partial charge is 0.282 e. The summed E-state index contributed by atoms with van der Waals surface area (Å²) in [6.45, 7) is 7.26. The monoisotopic (exact) mass is 454 g/mol. The van der Waals surface area contributed by atoms with Crippen LogP contribution >= 0.6 is 0 Å². The number of carbonyl (C=O) groups is 2. The van der Waals surface area contributed by atoms with Gasteiger partial charge in [0.1, 0.15) is 11.4 Å². The van der Waals surface area contributed by atoms with Gasteiger partial charge < -0.3 is 9.64 Å². The number of hydrogen-bond donors (Lipinski definition) is 0. The first-order valence-electron chi connectivity index (χ1n) is 11.5. The maximum Gasteiger partial charge on any atom is 0.282 e. The fourth-order valence-corrected chi connectivity index (χ4v) is 4.05. The van der Waals surface area contributed by atoms with Crippen molar-refractivity contribution < 1.29 is 14.3 Å². The number of imide groups is 1. The SMILES string of the molecule is Cc1cccc(N2C(=O)C(c3ccc(OCC(C)C)cc3)=C(N(C)Cc3ccccc3)C2=O)c1. The van der Waals surface area contributed by atoms with Crippen molar-refractivity contribution >= 4 is 23.1 Å². The molecule has 34 heavy (non-hydrogen) atoms. The first-order valence-corrected chi connectivity index (χ1v) is 11.5. The number of hydrogen-bond acceptors (Lipinski definition) is 4. The third kappa shape index (κ3) is 4.88. The second-order valence-electron chi connectivity index (χ2n) is 9.08. The van der Waals surface area contributed by atoms with Crippen LogP contribution in [0.15, 0.2) is 84.6 Å². The predicted octanol–water partition coefficient (Wildman–Crippen LogP) is 5.45. The number of anilines is 1. The molecule has 174 valence electrons. The van der Waals surface area contributed by atoms with E-state index >= 15 is 0 Å². The van der Waals surface area contributed by atoms with Gasteiger partial charge in [-0.05, 0) is 53.8 Å². The molecule has 0 spiro atoms. The number of ether oxygens (including phenoxy) is 1. The number of likely N-dealkylation sites (N-methyl/N-ethyl adjacent to an activating group) is 1. The molecule has 0 bridgehead atoms. The molecule has 0 aromatic heterocycles. The van der Waals surface area contributed by atoms with Crippen LogP contribution in [-0.2, 0) is 16.1 Å². The quantitative estimate of drug-likeness (QED) is 0.425. The fourth-order valence-electron chi connectivity index (χ4n) is 4.05. The normalized spacial score (nSPS) is 13.7. The van der Waals surface area contributed by atoms with Crippen LogP contribution in [0.5, 0.6) is 5.75 Å². The van der Waals surface area contributed by atoms with E-state index in [1.165, 1.54) is 4.90 Å². The zero-order valence-electron chi connectivity index (χ0n) is 20.1. The lowest BCUT2D eigenvalue weighted by molar-refractivity contribution is -0.120. The maximum atomic E-state index is 13.7. The molecule has 1 heterocycles. The summed E-state index contributed by atoms with van der Waals surface area (Å²) in [6.07, 6.45) is 0. The summed E-state index contributed by atoms with van der Waals surface area (Å²) in [6, 6.07) is 24.8. The first-order chi connectivity index (χ1) is 16.3. The van der Waals surface area contributed by atoms with E-state index in [0.717, 1.165) is 16.9 Å². The van der Waals surface area contributed by atoms with Crippen molar-refractivity contribution in [2.45, 2.75) is 27.3 Å². The van der Waals surface area contributed by atoms with Gasteiger partial charge in [0.15, 0.2) is 0 Å². The van der Waals surface area contributed by atoms with Gasteiger partial charge in [0.05, 0.1) is 17.9 Å². The highest BCUT2D eigenvalue weighted by molar-refractivity contribution is 6.45. The minimum Gasteiger partial charge on any atom is -0.493 e. The van der Waals surface area contributed by atoms with Crippen LogP contribution in [0.25, 0.3) is 5.57 Å². The van der Waals surface area contributed by atoms with Crippen molar-refractivity contribution in [2.24, 2.45) is 5.92 Å². The maximum absolute atomic E-state index is 13.7. The molecule has 2 amide bonds. The Morgan fingerprint density at radius 2 is 1.59 bits per heavy atom. The zero-order valence-corrected chi connectivity index (χ0v) is 20.1. The second-order valence-corrected chi connectivity index (χ2v) is 9.08. The first kappa shape index (κ1) is 23.3. The summed E-state index contributed by atoms with van der Waals surface area (Å²) in [4.78, 5) is 30.5. The fraction of sp³-hybridized carbons (Fsp3) is 0.241. The third-order valence-electron chi connectivity index (χ3n) is 5.69. The van der Waals surface area contributed by atoms with Gasteiger partial charge in [0, 0.05) is 13.6 Å². The van der Waals surface area contributed by atoms with Crippen molar-refractivity contribution in [1.29, 1.82) is 0 Å². The largest absolute Gasteiger partial charge is 0.493 e. The highest BCUT2D eigenvalue weighted by Gasteiger charge is 2.41. The van der Waals surface area contributed by atoms with Gasteiger partial charge >= 0.3 is 0 Å². The molecule has 1 aliphatic rings. The molecule has 0 N–H and O–H groups in total. The molecule has 3 aromatic carbocycles. The van der Waals surface area contributed by atoms with Gasteiger partial charge in [-0.15, -0.1) is 0 Å². The topological polar surface area (TPSA) is 49.9 Å². The van der Waals surface area contributed by atoms with E-state index in [4.69, 9.17) is 4.74 Å². The summed E-state index contributed by atoms with van der Waals surface area (Å²) in [5, 5.41) is 0. The van der Waals surface area contributed by atoms with Gasteiger partial charge in [-0.1, -0.05) is 68.4 Å². The summed E-state index contributed by atoms with van der Waals surface area (Å²) < 4.78 is 5.80. The van der Waals surface area contributed by atoms with Crippen LogP contribution in [0.4, 0.5) is 5.69 Å². The minimum atomic E-state index is -0.318. The van der Waals surface area contributed by atoms with Crippen molar-refractivity contribution in [3.8, 4) is 5.75 Å². The molecule has 0 aliphatic carbocycles. The molecule has 0 fully saturated rings. The molecule has 0 atom stereocenters. The van der Waals surface area contributed by atoms with E-state index in [1.54, 1.807) is 6.07 Å². The standard InChI is InChI=1S/C29H30N2O3/c1-20(2)19-34-25-15-13-23(14-16-25)26-27(30(4)18-22-10-6-5-7-11-22)29(33)31(28(26)32)24-12-8-9-21(3)17-24/h5-17,20H,18-19H2,1-4H3. The summed E-state index contributed by atoms with van der Waals surface area (Å²) >= 11 is 0. The molecule has 5 nitrogen and oxygen atoms in total. The van der Waals surface area contributed by atoms with Crippen molar-refractivity contribution in [1.82, 2.24) is 4.90 Å². The van der Waals surface area contributed by atoms with Crippen LogP contribution in [0, 0.1) is 12.8 Å². The van der Waals surface area contributed by atoms with Crippen LogP contribution in [0.3, 0.4) is 0 Å². The third-order valence-corrected chi connectivity index (χ3v) is 5.69. The van der Waals surface area contributed by atoms with Crippen molar-refractivity contribution in [3.05, 3.63) is 101 Å². The molecule has 0 saturated heterocycles. The molecular weight excluding hydrogens is 424 g/mol. The van der Waals surface area contributed by atoms with E-state index < -0.39 is 0 Å². The second kappa shape index (κ2) is 9.96. The van der Waals surface area contributed by atoms with E-state index in [1.807, 2.05) is 91.7 Å². The van der Waals surface area contributed by atoms with Crippen LogP contribution < -0.4 is 9.64 Å². The number of carbonyl (C=O) groups excluding carboxylic acids is 2. The Labute approximate surface area is 201 Å². The molecule has 1 aliphatic heterocycles. The van der Waals surface area contributed by atoms with Crippen LogP contribution in [0.2, 0.25) is 0 Å². The number of benzene rings is 3. The number of rotatable bonds is 8. The summed E-state index contributed by atoms with van der Waals surface area (Å²) in [5.41, 5.74) is 4.11. The molecule has 3 aromatic rings. The number of amides is 2. The Kier molecular flexibility index (Phi) is 6.82. The van der Waals surface area contributed by atoms with Crippen molar-refractivity contribution in [3.63, 3.8) is 0 Å². The zero-order chi connectivity index (χ0) is 24.2. The predicted molar refractivity (Wildman–Crippen MR) is 135 cm³/mol. The van der Waals surface area contributed by atoms with Crippen molar-refractivity contribution in [2.75, 3.05) is 18.6 Å². The van der Waals surface area contributed by atoms with E-state index in [2.05, 4.69) is 13.8 Å². The van der Waals surface area contributed by atoms with Gasteiger partial charge in [0.2, 0.25) is 0 Å². The highest BCUT2D eigenvalue weighted by Crippen LogP contribution is 2.35. The Morgan fingerprint density at radius 1 is 0.882 bits per heavy atom. The average Bonchev–Trinajstić information content (AvgIpc) is 3.08. The number of aryl methyl sites for hydroxylation is 1. The molecule has 0 unspecified atom stereocenters. The Morgan fingerprint density at radius 3 is 2.24 bits per heavy atom. The van der Waals surface area contributed by atoms with E-state index in [-0.39, 0.29) is 11.8 Å². The molecule has 0 radical (unpaired) electrons. The molecule has 4 rings (SSSR count). The number of nitrogens with zero attached hydrogens (tertiary/aromatic N) is 2. The van der Waals surface area contributed by atoms with Gasteiger partial charge in [-0.3, -0.25) is 9.59 Å². The highest BCUT2D eigenvalue weighted by atomic mass is 16.5. The van der Waals surface area contributed by atoms with Gasteiger partial charge in [0.25, 0.3) is 11.8 Å². The van der Waals surface area contributed by atoms with Crippen LogP contribution in [-0.4, -0.2) is 30.4 Å². The lowest BCUT2D eigenvalue weighted by atomic mass is 10.0. The van der Waals surface area contributed by atoms with E-state index in [9.17, 15) is 9.59 Å². The Balaban J connectivity index is 1.73. The lowest BCUT2D eigenvalue weighted by Gasteiger charge is -2.22. The Bertz CT molecular complexity index is 1210. The molecule has 5 heteroatoms. The van der Waals surface area contributed by atoms with Gasteiger partial charge in [-0.25, -0.2) is 4.90 Å². The Hall–Kier alpha value is -3.86. The molecular formula is C29H30N2O3. The summed E-state index contributed by atoms with van der Waals surface area (Å²) in [7, 11) is 1.85. The van der Waals surface area contributed by atoms with Crippen LogP contribution in [0.1, 0.15) is 30.5 Å². The average molecular weight is 455 g/mol. The van der Waals surface area contributed by atoms with E-state index in [0.29, 0.717) is 41.6 Å². The minimum absolute atomic E-state index is 0.316. The molecule has 0 saturated carbocycles. The van der Waals surface area contributed by atoms with Gasteiger partial charge in [-0.2, -0.15) is 0 Å². The summed E-state index contributed by atoms with van der Waals surface area (Å²) in [5.74, 6) is 0.521. The lowest BCUT2D eigenvalue weighted by Crippen LogP contribution is -2.34.